The second-order valence-corrected chi connectivity index (χ2v) is 8.32. The molecule has 0 aliphatic carbocycles. The molecule has 146 valence electrons. The van der Waals surface area contributed by atoms with Crippen LogP contribution in [0, 0.1) is 5.82 Å². The highest BCUT2D eigenvalue weighted by Crippen LogP contribution is 2.31. The van der Waals surface area contributed by atoms with Crippen molar-refractivity contribution in [2.75, 3.05) is 0 Å². The molecule has 8 heteroatoms. The number of benzene rings is 3. The van der Waals surface area contributed by atoms with Crippen LogP contribution in [0.2, 0.25) is 5.02 Å². The molecule has 1 heterocycles. The van der Waals surface area contributed by atoms with Crippen molar-refractivity contribution in [3.8, 4) is 28.2 Å². The Morgan fingerprint density at radius 2 is 1.52 bits per heavy atom. The number of sulfonamides is 1. The van der Waals surface area contributed by atoms with Crippen LogP contribution in [-0.4, -0.2) is 18.2 Å². The molecule has 4 aromatic rings. The van der Waals surface area contributed by atoms with E-state index in [1.54, 1.807) is 48.5 Å². The van der Waals surface area contributed by atoms with Crippen LogP contribution in [0.4, 0.5) is 4.39 Å². The van der Waals surface area contributed by atoms with E-state index in [-0.39, 0.29) is 10.7 Å². The molecular weight excluding hydrogens is 413 g/mol. The molecule has 4 rings (SSSR count). The van der Waals surface area contributed by atoms with Gasteiger partial charge >= 0.3 is 0 Å². The number of hydrogen-bond donors (Lipinski definition) is 1. The normalized spacial score (nSPS) is 11.6. The quantitative estimate of drug-likeness (QED) is 0.515. The van der Waals surface area contributed by atoms with Gasteiger partial charge in [0.1, 0.15) is 10.7 Å². The van der Waals surface area contributed by atoms with Gasteiger partial charge in [0.05, 0.1) is 17.1 Å². The lowest BCUT2D eigenvalue weighted by atomic mass is 10.1. The van der Waals surface area contributed by atoms with E-state index in [0.29, 0.717) is 27.7 Å². The predicted octanol–water partition coefficient (Wildman–Crippen LogP) is 4.65. The van der Waals surface area contributed by atoms with Gasteiger partial charge in [-0.05, 0) is 54.6 Å². The van der Waals surface area contributed by atoms with Crippen molar-refractivity contribution in [3.63, 3.8) is 0 Å². The fourth-order valence-electron chi connectivity index (χ4n) is 3.03. The van der Waals surface area contributed by atoms with Crippen LogP contribution in [0.15, 0.2) is 83.8 Å². The maximum atomic E-state index is 13.4. The summed E-state index contributed by atoms with van der Waals surface area (Å²) in [5.74, 6) is -0.373. The number of halogens is 2. The van der Waals surface area contributed by atoms with Crippen LogP contribution in [0.25, 0.3) is 28.2 Å². The third-order valence-corrected chi connectivity index (χ3v) is 5.60. The molecule has 3 aromatic carbocycles. The fourth-order valence-corrected chi connectivity index (χ4v) is 3.87. The van der Waals surface area contributed by atoms with Crippen molar-refractivity contribution < 1.29 is 12.8 Å². The van der Waals surface area contributed by atoms with E-state index >= 15 is 0 Å². The lowest BCUT2D eigenvalue weighted by molar-refractivity contribution is 0.596. The van der Waals surface area contributed by atoms with Crippen molar-refractivity contribution >= 4 is 21.6 Å². The van der Waals surface area contributed by atoms with Crippen molar-refractivity contribution in [1.29, 1.82) is 0 Å². The van der Waals surface area contributed by atoms with Crippen molar-refractivity contribution in [1.82, 2.24) is 9.78 Å². The van der Waals surface area contributed by atoms with E-state index in [1.165, 1.54) is 22.9 Å². The van der Waals surface area contributed by atoms with E-state index in [2.05, 4.69) is 5.10 Å². The Morgan fingerprint density at radius 1 is 0.897 bits per heavy atom. The summed E-state index contributed by atoms with van der Waals surface area (Å²) in [6.07, 6.45) is 0. The zero-order valence-electron chi connectivity index (χ0n) is 15.0. The van der Waals surface area contributed by atoms with E-state index in [1.807, 2.05) is 12.1 Å². The van der Waals surface area contributed by atoms with Gasteiger partial charge in [-0.1, -0.05) is 35.9 Å². The Morgan fingerprint density at radius 3 is 2.17 bits per heavy atom. The first-order valence-electron chi connectivity index (χ1n) is 8.57. The summed E-state index contributed by atoms with van der Waals surface area (Å²) in [6.45, 7) is 0. The number of aromatic nitrogens is 2. The Balaban J connectivity index is 1.98. The number of hydrogen-bond acceptors (Lipinski definition) is 3. The second kappa shape index (κ2) is 7.44. The molecule has 29 heavy (non-hydrogen) atoms. The van der Waals surface area contributed by atoms with E-state index in [4.69, 9.17) is 16.7 Å². The topological polar surface area (TPSA) is 78.0 Å². The molecule has 2 N–H and O–H groups in total. The standard InChI is InChI=1S/C21H15ClFN3O2S/c22-16-9-5-14(6-10-16)18-13-20(15-7-11-17(23)12-8-15)26(25-18)19-3-1-2-4-21(19)29(24,27)28/h1-13H,(H2,24,27,28). The summed E-state index contributed by atoms with van der Waals surface area (Å²) < 4.78 is 39.1. The van der Waals surface area contributed by atoms with Gasteiger partial charge in [0.25, 0.3) is 0 Å². The molecule has 0 atom stereocenters. The molecule has 0 bridgehead atoms. The van der Waals surface area contributed by atoms with Crippen molar-refractivity contribution in [2.24, 2.45) is 5.14 Å². The smallest absolute Gasteiger partial charge is 0.231 e. The average Bonchev–Trinajstić information content (AvgIpc) is 3.14. The number of nitrogens with zero attached hydrogens (tertiary/aromatic N) is 2. The molecule has 0 unspecified atom stereocenters. The van der Waals surface area contributed by atoms with Gasteiger partial charge in [-0.3, -0.25) is 0 Å². The van der Waals surface area contributed by atoms with Crippen LogP contribution in [-0.2, 0) is 10.0 Å². The van der Waals surface area contributed by atoms with Gasteiger partial charge in [-0.15, -0.1) is 0 Å². The summed E-state index contributed by atoms with van der Waals surface area (Å²) in [7, 11) is -3.99. The minimum atomic E-state index is -3.99. The SMILES string of the molecule is NS(=O)(=O)c1ccccc1-n1nc(-c2ccc(Cl)cc2)cc1-c1ccc(F)cc1. The minimum absolute atomic E-state index is 0.0610. The van der Waals surface area contributed by atoms with Crippen molar-refractivity contribution in [2.45, 2.75) is 4.90 Å². The van der Waals surface area contributed by atoms with Crippen LogP contribution < -0.4 is 5.14 Å². The second-order valence-electron chi connectivity index (χ2n) is 6.35. The maximum Gasteiger partial charge on any atom is 0.240 e. The number of nitrogens with two attached hydrogens (primary N) is 1. The van der Waals surface area contributed by atoms with E-state index < -0.39 is 10.0 Å². The highest BCUT2D eigenvalue weighted by molar-refractivity contribution is 7.89. The molecule has 0 aliphatic heterocycles. The van der Waals surface area contributed by atoms with Crippen molar-refractivity contribution in [3.05, 3.63) is 89.7 Å². The highest BCUT2D eigenvalue weighted by Gasteiger charge is 2.20. The van der Waals surface area contributed by atoms with Crippen LogP contribution in [0.1, 0.15) is 0 Å². The number of para-hydroxylation sites is 1. The molecule has 0 amide bonds. The Labute approximate surface area is 172 Å². The molecule has 0 fully saturated rings. The summed E-state index contributed by atoms with van der Waals surface area (Å²) in [5, 5.41) is 10.6. The number of primary sulfonamides is 1. The highest BCUT2D eigenvalue weighted by atomic mass is 35.5. The molecular formula is C21H15ClFN3O2S. The van der Waals surface area contributed by atoms with E-state index in [9.17, 15) is 12.8 Å². The predicted molar refractivity (Wildman–Crippen MR) is 111 cm³/mol. The third-order valence-electron chi connectivity index (χ3n) is 4.39. The van der Waals surface area contributed by atoms with Gasteiger partial charge < -0.3 is 0 Å². The first-order valence-corrected chi connectivity index (χ1v) is 10.5. The molecule has 0 aliphatic rings. The molecule has 5 nitrogen and oxygen atoms in total. The Bertz CT molecular complexity index is 1280. The molecule has 0 saturated heterocycles. The minimum Gasteiger partial charge on any atom is -0.231 e. The lowest BCUT2D eigenvalue weighted by Crippen LogP contribution is -2.16. The third kappa shape index (κ3) is 3.93. The maximum absolute atomic E-state index is 13.4. The lowest BCUT2D eigenvalue weighted by Gasteiger charge is -2.11. The molecule has 1 aromatic heterocycles. The fraction of sp³-hybridized carbons (Fsp3) is 0. The summed E-state index contributed by atoms with van der Waals surface area (Å²) in [4.78, 5) is -0.0610. The molecule has 0 saturated carbocycles. The molecule has 0 spiro atoms. The van der Waals surface area contributed by atoms with Gasteiger partial charge in [0, 0.05) is 16.1 Å². The Kier molecular flexibility index (Phi) is 4.96. The van der Waals surface area contributed by atoms with Crippen LogP contribution >= 0.6 is 11.6 Å². The zero-order valence-corrected chi connectivity index (χ0v) is 16.5. The van der Waals surface area contributed by atoms with E-state index in [0.717, 1.165) is 5.56 Å². The summed E-state index contributed by atoms with van der Waals surface area (Å²) in [6, 6.07) is 21.1. The zero-order chi connectivity index (χ0) is 20.6. The number of rotatable bonds is 4. The van der Waals surface area contributed by atoms with Gasteiger partial charge in [-0.2, -0.15) is 5.10 Å². The summed E-state index contributed by atoms with van der Waals surface area (Å²) in [5.41, 5.74) is 2.96. The molecule has 0 radical (unpaired) electrons. The van der Waals surface area contributed by atoms with Crippen LogP contribution in [0.3, 0.4) is 0 Å². The van der Waals surface area contributed by atoms with Gasteiger partial charge in [0.15, 0.2) is 0 Å². The first kappa shape index (κ1) is 19.3. The first-order chi connectivity index (χ1) is 13.8. The Hall–Kier alpha value is -3.00. The average molecular weight is 428 g/mol. The monoisotopic (exact) mass is 427 g/mol. The summed E-state index contributed by atoms with van der Waals surface area (Å²) >= 11 is 5.97. The largest absolute Gasteiger partial charge is 0.240 e. The van der Waals surface area contributed by atoms with Crippen LogP contribution in [0.5, 0.6) is 0 Å². The van der Waals surface area contributed by atoms with Gasteiger partial charge in [-0.25, -0.2) is 22.6 Å². The van der Waals surface area contributed by atoms with Gasteiger partial charge in [0.2, 0.25) is 10.0 Å².